The first-order valence-corrected chi connectivity index (χ1v) is 7.83. The highest BCUT2D eigenvalue weighted by Gasteiger charge is 2.05. The molecule has 2 aromatic carbocycles. The number of phenolic OH excluding ortho intramolecular Hbond substituents is 1. The normalized spacial score (nSPS) is 10.9. The summed E-state index contributed by atoms with van der Waals surface area (Å²) >= 11 is 0. The van der Waals surface area contributed by atoms with Crippen LogP contribution in [0.1, 0.15) is 18.1 Å². The van der Waals surface area contributed by atoms with E-state index in [2.05, 4.69) is 48.0 Å². The van der Waals surface area contributed by atoms with E-state index in [4.69, 9.17) is 4.74 Å². The number of aliphatic imine (C=N–C) groups is 1. The molecule has 0 saturated heterocycles. The van der Waals surface area contributed by atoms with E-state index in [0.29, 0.717) is 17.9 Å². The summed E-state index contributed by atoms with van der Waals surface area (Å²) in [5.41, 5.74) is 3.14. The molecule has 23 heavy (non-hydrogen) atoms. The Morgan fingerprint density at radius 1 is 1.22 bits per heavy atom. The molecule has 122 valence electrons. The number of phenols is 1. The van der Waals surface area contributed by atoms with Crippen LogP contribution in [-0.2, 0) is 0 Å². The van der Waals surface area contributed by atoms with Gasteiger partial charge in [-0.05, 0) is 43.7 Å². The molecule has 4 heteroatoms. The van der Waals surface area contributed by atoms with E-state index in [1.165, 1.54) is 18.4 Å². The lowest BCUT2D eigenvalue weighted by atomic mass is 10.2. The molecule has 0 bridgehead atoms. The smallest absolute Gasteiger partial charge is 0.166 e. The lowest BCUT2D eigenvalue weighted by molar-refractivity contribution is 0.373. The van der Waals surface area contributed by atoms with Crippen LogP contribution in [0.3, 0.4) is 0 Å². The summed E-state index contributed by atoms with van der Waals surface area (Å²) in [5, 5.41) is 10.0. The second kappa shape index (κ2) is 8.22. The maximum atomic E-state index is 10.0. The predicted molar refractivity (Wildman–Crippen MR) is 96.2 cm³/mol. The third-order valence-corrected chi connectivity index (χ3v) is 3.73. The summed E-state index contributed by atoms with van der Waals surface area (Å²) < 4.78 is 5.10. The van der Waals surface area contributed by atoms with E-state index in [9.17, 15) is 5.11 Å². The van der Waals surface area contributed by atoms with E-state index in [0.717, 1.165) is 13.1 Å². The highest BCUT2D eigenvalue weighted by atomic mass is 16.5. The minimum atomic E-state index is 0.129. The standard InChI is InChI=1S/C19H24N2O2/c1-4-21(17-9-5-7-15(2)13-17)12-11-20-14-16-8-6-10-18(23-3)19(16)22/h5-10,13-14,22H,4,11-12H2,1-3H3. The van der Waals surface area contributed by atoms with Gasteiger partial charge in [0.2, 0.25) is 0 Å². The van der Waals surface area contributed by atoms with Crippen LogP contribution in [0, 0.1) is 6.92 Å². The Morgan fingerprint density at radius 2 is 2.00 bits per heavy atom. The number of aromatic hydroxyl groups is 1. The largest absolute Gasteiger partial charge is 0.504 e. The molecule has 2 aromatic rings. The predicted octanol–water partition coefficient (Wildman–Crippen LogP) is 3.65. The molecule has 0 atom stereocenters. The van der Waals surface area contributed by atoms with Gasteiger partial charge in [0.1, 0.15) is 0 Å². The summed E-state index contributed by atoms with van der Waals surface area (Å²) in [6.07, 6.45) is 1.70. The van der Waals surface area contributed by atoms with Gasteiger partial charge in [-0.3, -0.25) is 4.99 Å². The molecule has 4 nitrogen and oxygen atoms in total. The van der Waals surface area contributed by atoms with Crippen LogP contribution >= 0.6 is 0 Å². The van der Waals surface area contributed by atoms with Crippen molar-refractivity contribution in [1.29, 1.82) is 0 Å². The first-order chi connectivity index (χ1) is 11.2. The number of para-hydroxylation sites is 1. The second-order valence-electron chi connectivity index (χ2n) is 5.35. The van der Waals surface area contributed by atoms with Gasteiger partial charge >= 0.3 is 0 Å². The van der Waals surface area contributed by atoms with Gasteiger partial charge in [0, 0.05) is 30.6 Å². The van der Waals surface area contributed by atoms with Crippen molar-refractivity contribution in [2.24, 2.45) is 4.99 Å². The SMILES string of the molecule is CCN(CCN=Cc1cccc(OC)c1O)c1cccc(C)c1. The zero-order valence-corrected chi connectivity index (χ0v) is 14.0. The molecular formula is C19H24N2O2. The third-order valence-electron chi connectivity index (χ3n) is 3.73. The fourth-order valence-corrected chi connectivity index (χ4v) is 2.44. The van der Waals surface area contributed by atoms with Crippen LogP contribution in [0.15, 0.2) is 47.5 Å². The number of benzene rings is 2. The van der Waals surface area contributed by atoms with E-state index in [1.807, 2.05) is 12.1 Å². The van der Waals surface area contributed by atoms with Gasteiger partial charge in [-0.2, -0.15) is 0 Å². The maximum absolute atomic E-state index is 10.0. The maximum Gasteiger partial charge on any atom is 0.166 e. The quantitative estimate of drug-likeness (QED) is 0.794. The Balaban J connectivity index is 1.98. The lowest BCUT2D eigenvalue weighted by Crippen LogP contribution is -2.25. The van der Waals surface area contributed by atoms with Crippen molar-refractivity contribution in [3.63, 3.8) is 0 Å². The van der Waals surface area contributed by atoms with Crippen molar-refractivity contribution in [2.45, 2.75) is 13.8 Å². The van der Waals surface area contributed by atoms with E-state index in [-0.39, 0.29) is 5.75 Å². The van der Waals surface area contributed by atoms with Crippen molar-refractivity contribution in [3.05, 3.63) is 53.6 Å². The summed E-state index contributed by atoms with van der Waals surface area (Å²) in [7, 11) is 1.54. The van der Waals surface area contributed by atoms with Crippen LogP contribution in [0.2, 0.25) is 0 Å². The number of ether oxygens (including phenoxy) is 1. The molecule has 0 aliphatic carbocycles. The van der Waals surface area contributed by atoms with Crippen LogP contribution in [0.25, 0.3) is 0 Å². The highest BCUT2D eigenvalue weighted by molar-refractivity contribution is 5.84. The van der Waals surface area contributed by atoms with Crippen LogP contribution < -0.4 is 9.64 Å². The molecule has 1 N–H and O–H groups in total. The number of aryl methyl sites for hydroxylation is 1. The Bertz CT molecular complexity index is 668. The molecule has 0 aromatic heterocycles. The van der Waals surface area contributed by atoms with E-state index >= 15 is 0 Å². The number of nitrogens with zero attached hydrogens (tertiary/aromatic N) is 2. The zero-order chi connectivity index (χ0) is 16.7. The lowest BCUT2D eigenvalue weighted by Gasteiger charge is -2.22. The monoisotopic (exact) mass is 312 g/mol. The van der Waals surface area contributed by atoms with Crippen LogP contribution in [-0.4, -0.2) is 38.1 Å². The van der Waals surface area contributed by atoms with Crippen molar-refractivity contribution in [1.82, 2.24) is 0 Å². The molecule has 0 heterocycles. The van der Waals surface area contributed by atoms with E-state index in [1.54, 1.807) is 12.3 Å². The Kier molecular flexibility index (Phi) is 6.03. The topological polar surface area (TPSA) is 45.1 Å². The van der Waals surface area contributed by atoms with Crippen molar-refractivity contribution in [2.75, 3.05) is 31.6 Å². The molecule has 0 fully saturated rings. The molecule has 0 amide bonds. The average molecular weight is 312 g/mol. The Hall–Kier alpha value is -2.49. The number of methoxy groups -OCH3 is 1. The number of hydrogen-bond donors (Lipinski definition) is 1. The zero-order valence-electron chi connectivity index (χ0n) is 14.0. The van der Waals surface area contributed by atoms with Crippen molar-refractivity contribution >= 4 is 11.9 Å². The van der Waals surface area contributed by atoms with Gasteiger partial charge in [0.25, 0.3) is 0 Å². The van der Waals surface area contributed by atoms with Crippen LogP contribution in [0.5, 0.6) is 11.5 Å². The summed E-state index contributed by atoms with van der Waals surface area (Å²) in [5.74, 6) is 0.591. The molecule has 0 radical (unpaired) electrons. The Labute approximate surface area is 138 Å². The van der Waals surface area contributed by atoms with E-state index < -0.39 is 0 Å². The molecule has 2 rings (SSSR count). The van der Waals surface area contributed by atoms with Gasteiger partial charge in [-0.15, -0.1) is 0 Å². The summed E-state index contributed by atoms with van der Waals surface area (Å²) in [4.78, 5) is 6.72. The minimum Gasteiger partial charge on any atom is -0.504 e. The second-order valence-corrected chi connectivity index (χ2v) is 5.35. The fraction of sp³-hybridized carbons (Fsp3) is 0.316. The molecule has 0 unspecified atom stereocenters. The molecule has 0 aliphatic rings. The van der Waals surface area contributed by atoms with Gasteiger partial charge < -0.3 is 14.7 Å². The first-order valence-electron chi connectivity index (χ1n) is 7.83. The number of hydrogen-bond acceptors (Lipinski definition) is 4. The number of likely N-dealkylation sites (N-methyl/N-ethyl adjacent to an activating group) is 1. The first kappa shape index (κ1) is 16.9. The van der Waals surface area contributed by atoms with Crippen molar-refractivity contribution in [3.8, 4) is 11.5 Å². The summed E-state index contributed by atoms with van der Waals surface area (Å²) in [6, 6.07) is 13.9. The van der Waals surface area contributed by atoms with Gasteiger partial charge in [0.15, 0.2) is 11.5 Å². The fourth-order valence-electron chi connectivity index (χ4n) is 2.44. The Morgan fingerprint density at radius 3 is 2.70 bits per heavy atom. The highest BCUT2D eigenvalue weighted by Crippen LogP contribution is 2.27. The molecule has 0 spiro atoms. The molecule has 0 aliphatic heterocycles. The minimum absolute atomic E-state index is 0.129. The summed E-state index contributed by atoms with van der Waals surface area (Å²) in [6.45, 7) is 6.67. The molecular weight excluding hydrogens is 288 g/mol. The van der Waals surface area contributed by atoms with Gasteiger partial charge in [-0.1, -0.05) is 18.2 Å². The van der Waals surface area contributed by atoms with Gasteiger partial charge in [-0.25, -0.2) is 0 Å². The number of rotatable bonds is 7. The average Bonchev–Trinajstić information content (AvgIpc) is 2.56. The van der Waals surface area contributed by atoms with Crippen molar-refractivity contribution < 1.29 is 9.84 Å². The molecule has 0 saturated carbocycles. The van der Waals surface area contributed by atoms with Gasteiger partial charge in [0.05, 0.1) is 13.7 Å². The van der Waals surface area contributed by atoms with Crippen LogP contribution in [0.4, 0.5) is 5.69 Å². The number of anilines is 1. The third kappa shape index (κ3) is 4.49.